The van der Waals surface area contributed by atoms with Crippen molar-refractivity contribution in [1.82, 2.24) is 5.32 Å². The predicted octanol–water partition coefficient (Wildman–Crippen LogP) is 3.85. The van der Waals surface area contributed by atoms with Gasteiger partial charge in [0.25, 0.3) is 0 Å². The minimum Gasteiger partial charge on any atom is -0.481 e. The molecule has 5 nitrogen and oxygen atoms in total. The van der Waals surface area contributed by atoms with Gasteiger partial charge in [0.15, 0.2) is 0 Å². The number of anilines is 1. The molecule has 0 spiro atoms. The lowest BCUT2D eigenvalue weighted by Gasteiger charge is -2.28. The second-order valence-corrected chi connectivity index (χ2v) is 6.91. The van der Waals surface area contributed by atoms with Gasteiger partial charge in [0.2, 0.25) is 0 Å². The number of rotatable bonds is 4. The van der Waals surface area contributed by atoms with Gasteiger partial charge >= 0.3 is 12.0 Å². The predicted molar refractivity (Wildman–Crippen MR) is 89.8 cm³/mol. The number of amides is 2. The van der Waals surface area contributed by atoms with Gasteiger partial charge in [-0.3, -0.25) is 4.79 Å². The topological polar surface area (TPSA) is 78.4 Å². The highest BCUT2D eigenvalue weighted by Crippen LogP contribution is 2.33. The zero-order chi connectivity index (χ0) is 15.5. The van der Waals surface area contributed by atoms with E-state index in [4.69, 9.17) is 16.7 Å². The molecule has 1 fully saturated rings. The zero-order valence-electron chi connectivity index (χ0n) is 11.3. The van der Waals surface area contributed by atoms with Gasteiger partial charge in [0.1, 0.15) is 0 Å². The molecule has 0 aromatic heterocycles. The number of carbonyl (C=O) groups is 2. The Kier molecular flexibility index (Phi) is 5.32. The standard InChI is InChI=1S/C14H16ClIN2O3/c15-10-7-9(16)3-4-11(10)17-13(21)18-14(8-12(19)20)5-1-2-6-14/h3-4,7H,1-2,5-6,8H2,(H,19,20)(H2,17,18,21). The molecule has 0 heterocycles. The Labute approximate surface area is 141 Å². The lowest BCUT2D eigenvalue weighted by molar-refractivity contribution is -0.138. The Hall–Kier alpha value is -1.02. The second-order valence-electron chi connectivity index (χ2n) is 5.26. The third-order valence-electron chi connectivity index (χ3n) is 3.61. The van der Waals surface area contributed by atoms with E-state index in [1.807, 2.05) is 6.07 Å². The first kappa shape index (κ1) is 16.4. The summed E-state index contributed by atoms with van der Waals surface area (Å²) in [7, 11) is 0. The van der Waals surface area contributed by atoms with Crippen molar-refractivity contribution in [2.45, 2.75) is 37.6 Å². The van der Waals surface area contributed by atoms with Crippen LogP contribution in [-0.4, -0.2) is 22.6 Å². The van der Waals surface area contributed by atoms with Crippen LogP contribution in [0.1, 0.15) is 32.1 Å². The third-order valence-corrected chi connectivity index (χ3v) is 4.59. The van der Waals surface area contributed by atoms with Crippen molar-refractivity contribution in [3.05, 3.63) is 26.8 Å². The monoisotopic (exact) mass is 422 g/mol. The molecule has 21 heavy (non-hydrogen) atoms. The number of urea groups is 1. The van der Waals surface area contributed by atoms with Gasteiger partial charge < -0.3 is 15.7 Å². The number of carboxylic acid groups (broad SMARTS) is 1. The van der Waals surface area contributed by atoms with Crippen LogP contribution >= 0.6 is 34.2 Å². The van der Waals surface area contributed by atoms with Crippen molar-refractivity contribution >= 4 is 51.9 Å². The molecule has 1 aromatic rings. The fourth-order valence-electron chi connectivity index (χ4n) is 2.67. The number of nitrogens with one attached hydrogen (secondary N) is 2. The summed E-state index contributed by atoms with van der Waals surface area (Å²) in [6.45, 7) is 0. The van der Waals surface area contributed by atoms with E-state index in [1.165, 1.54) is 0 Å². The van der Waals surface area contributed by atoms with E-state index in [9.17, 15) is 9.59 Å². The van der Waals surface area contributed by atoms with Crippen molar-refractivity contribution < 1.29 is 14.7 Å². The average molecular weight is 423 g/mol. The molecule has 0 saturated heterocycles. The molecule has 0 aliphatic heterocycles. The van der Waals surface area contributed by atoms with Gasteiger partial charge in [-0.05, 0) is 53.6 Å². The molecule has 1 saturated carbocycles. The van der Waals surface area contributed by atoms with Crippen LogP contribution in [0.4, 0.5) is 10.5 Å². The van der Waals surface area contributed by atoms with Crippen LogP contribution in [0, 0.1) is 3.57 Å². The summed E-state index contributed by atoms with van der Waals surface area (Å²) in [6, 6.07) is 4.90. The molecule has 2 amide bonds. The van der Waals surface area contributed by atoms with Crippen LogP contribution in [0.25, 0.3) is 0 Å². The quantitative estimate of drug-likeness (QED) is 0.645. The maximum Gasteiger partial charge on any atom is 0.319 e. The van der Waals surface area contributed by atoms with Gasteiger partial charge in [0.05, 0.1) is 22.7 Å². The summed E-state index contributed by atoms with van der Waals surface area (Å²) in [5.74, 6) is -0.899. The Bertz CT molecular complexity index is 559. The summed E-state index contributed by atoms with van der Waals surface area (Å²) >= 11 is 8.20. The summed E-state index contributed by atoms with van der Waals surface area (Å²) in [6.07, 6.45) is 3.18. The largest absolute Gasteiger partial charge is 0.481 e. The van der Waals surface area contributed by atoms with Gasteiger partial charge in [-0.25, -0.2) is 4.79 Å². The fourth-order valence-corrected chi connectivity index (χ4v) is 3.58. The highest BCUT2D eigenvalue weighted by molar-refractivity contribution is 14.1. The molecule has 1 aliphatic carbocycles. The summed E-state index contributed by atoms with van der Waals surface area (Å²) in [5.41, 5.74) is -0.135. The van der Waals surface area contributed by atoms with Gasteiger partial charge in [-0.2, -0.15) is 0 Å². The van der Waals surface area contributed by atoms with E-state index in [0.29, 0.717) is 23.6 Å². The Morgan fingerprint density at radius 1 is 1.33 bits per heavy atom. The molecule has 3 N–H and O–H groups in total. The summed E-state index contributed by atoms with van der Waals surface area (Å²) in [4.78, 5) is 23.1. The van der Waals surface area contributed by atoms with E-state index >= 15 is 0 Å². The molecular weight excluding hydrogens is 407 g/mol. The Morgan fingerprint density at radius 2 is 2.00 bits per heavy atom. The molecule has 0 bridgehead atoms. The first-order valence-corrected chi connectivity index (χ1v) is 8.12. The lowest BCUT2D eigenvalue weighted by atomic mass is 9.93. The van der Waals surface area contributed by atoms with Crippen molar-refractivity contribution in [3.63, 3.8) is 0 Å². The highest BCUT2D eigenvalue weighted by atomic mass is 127. The maximum atomic E-state index is 12.1. The molecule has 7 heteroatoms. The van der Waals surface area contributed by atoms with Crippen LogP contribution in [0.5, 0.6) is 0 Å². The number of hydrogen-bond donors (Lipinski definition) is 3. The van der Waals surface area contributed by atoms with Crippen molar-refractivity contribution in [3.8, 4) is 0 Å². The van der Waals surface area contributed by atoms with E-state index in [2.05, 4.69) is 33.2 Å². The minimum atomic E-state index is -0.899. The highest BCUT2D eigenvalue weighted by Gasteiger charge is 2.37. The van der Waals surface area contributed by atoms with Crippen molar-refractivity contribution in [2.24, 2.45) is 0 Å². The van der Waals surface area contributed by atoms with Crippen LogP contribution < -0.4 is 10.6 Å². The summed E-state index contributed by atoms with van der Waals surface area (Å²) in [5, 5.41) is 15.0. The Balaban J connectivity index is 2.04. The second kappa shape index (κ2) is 6.83. The molecular formula is C14H16ClIN2O3. The van der Waals surface area contributed by atoms with Crippen LogP contribution in [0.15, 0.2) is 18.2 Å². The zero-order valence-corrected chi connectivity index (χ0v) is 14.2. The maximum absolute atomic E-state index is 12.1. The lowest BCUT2D eigenvalue weighted by Crippen LogP contribution is -2.49. The molecule has 1 aliphatic rings. The van der Waals surface area contributed by atoms with Gasteiger partial charge in [0, 0.05) is 3.57 Å². The Morgan fingerprint density at radius 3 is 2.57 bits per heavy atom. The van der Waals surface area contributed by atoms with E-state index < -0.39 is 17.5 Å². The number of hydrogen-bond acceptors (Lipinski definition) is 2. The average Bonchev–Trinajstić information content (AvgIpc) is 2.80. The third kappa shape index (κ3) is 4.47. The number of carboxylic acids is 1. The minimum absolute atomic E-state index is 0.0547. The number of benzene rings is 1. The van der Waals surface area contributed by atoms with E-state index in [1.54, 1.807) is 12.1 Å². The molecule has 0 unspecified atom stereocenters. The number of halogens is 2. The van der Waals surface area contributed by atoms with Crippen molar-refractivity contribution in [1.29, 1.82) is 0 Å². The van der Waals surface area contributed by atoms with Gasteiger partial charge in [-0.1, -0.05) is 24.4 Å². The first-order chi connectivity index (χ1) is 9.90. The smallest absolute Gasteiger partial charge is 0.319 e. The molecule has 114 valence electrons. The van der Waals surface area contributed by atoms with Crippen LogP contribution in [0.2, 0.25) is 5.02 Å². The molecule has 0 atom stereocenters. The number of aliphatic carboxylic acids is 1. The molecule has 0 radical (unpaired) electrons. The normalized spacial score (nSPS) is 16.5. The van der Waals surface area contributed by atoms with Crippen molar-refractivity contribution in [2.75, 3.05) is 5.32 Å². The molecule has 1 aromatic carbocycles. The van der Waals surface area contributed by atoms with E-state index in [0.717, 1.165) is 16.4 Å². The van der Waals surface area contributed by atoms with Crippen LogP contribution in [0.3, 0.4) is 0 Å². The van der Waals surface area contributed by atoms with Crippen LogP contribution in [-0.2, 0) is 4.79 Å². The molecule has 2 rings (SSSR count). The number of carbonyl (C=O) groups excluding carboxylic acids is 1. The summed E-state index contributed by atoms with van der Waals surface area (Å²) < 4.78 is 0.974. The first-order valence-electron chi connectivity index (χ1n) is 6.66. The fraction of sp³-hybridized carbons (Fsp3) is 0.429. The SMILES string of the molecule is O=C(O)CC1(NC(=O)Nc2ccc(I)cc2Cl)CCCC1. The van der Waals surface area contributed by atoms with Gasteiger partial charge in [-0.15, -0.1) is 0 Å². The van der Waals surface area contributed by atoms with E-state index in [-0.39, 0.29) is 6.42 Å².